The highest BCUT2D eigenvalue weighted by Crippen LogP contribution is 2.18. The first-order valence-electron chi connectivity index (χ1n) is 18.7. The molecule has 0 heterocycles. The van der Waals surface area contributed by atoms with E-state index in [2.05, 4.69) is 89.8 Å². The highest BCUT2D eigenvalue weighted by atomic mass is 79.9. The smallest absolute Gasteiger partial charge is 0.335 e. The number of hydrogen-bond donors (Lipinski definition) is 2. The molecule has 0 aliphatic rings. The van der Waals surface area contributed by atoms with E-state index in [0.29, 0.717) is 17.5 Å². The van der Waals surface area contributed by atoms with Gasteiger partial charge in [-0.15, -0.1) is 0 Å². The quantitative estimate of drug-likeness (QED) is 0.109. The zero-order chi connectivity index (χ0) is 40.4. The van der Waals surface area contributed by atoms with E-state index >= 15 is 0 Å². The Morgan fingerprint density at radius 3 is 1.64 bits per heavy atom. The molecular formula is C47H54BrNO5Si. The SMILES string of the molecule is CC(=O)[C@@H](C)Cc1ccc([Si](C)(C)CCCc2ccc(C)cc2)cc1.CC(=O)[C@H](Cc1ccc(Br)cc1)NC(=O)c1ccccc1.O=C(O)c1ccccc1. The summed E-state index contributed by atoms with van der Waals surface area (Å²) in [5.74, 6) is -0.772. The average Bonchev–Trinajstić information content (AvgIpc) is 3.17. The van der Waals surface area contributed by atoms with Gasteiger partial charge in [0, 0.05) is 16.0 Å². The molecule has 5 aromatic carbocycles. The minimum atomic E-state index is -1.40. The number of aromatic carboxylic acids is 1. The highest BCUT2D eigenvalue weighted by molar-refractivity contribution is 9.10. The second-order valence-corrected chi connectivity index (χ2v) is 20.4. The van der Waals surface area contributed by atoms with Crippen LogP contribution < -0.4 is 10.5 Å². The topological polar surface area (TPSA) is 101 Å². The molecule has 0 saturated carbocycles. The van der Waals surface area contributed by atoms with Crippen molar-refractivity contribution in [2.45, 2.75) is 78.6 Å². The Kier molecular flexibility index (Phi) is 18.2. The second-order valence-electron chi connectivity index (χ2n) is 14.6. The van der Waals surface area contributed by atoms with Crippen molar-refractivity contribution in [3.05, 3.63) is 171 Å². The Morgan fingerprint density at radius 1 is 0.655 bits per heavy atom. The standard InChI is InChI=1S/C23H32OSi.C17H16BrNO2.C7H6O2/c1-18-8-10-21(11-9-18)7-6-16-25(4,5)23-14-12-22(13-15-23)17-19(2)20(3)24;1-12(20)16(11-13-7-9-15(18)10-8-13)19-17(21)14-5-3-2-4-6-14;8-7(9)6-4-2-1-3-5-6/h8-15,19H,6-7,16-17H2,1-5H3;2-10,16H,11H2,1H3,(H,19,21);1-5H,(H,8,9)/t19-;16-;/m00./s1. The molecule has 0 unspecified atom stereocenters. The van der Waals surface area contributed by atoms with Gasteiger partial charge in [0.15, 0.2) is 5.78 Å². The molecule has 0 radical (unpaired) electrons. The number of aryl methyl sites for hydroxylation is 2. The van der Waals surface area contributed by atoms with Gasteiger partial charge < -0.3 is 10.4 Å². The summed E-state index contributed by atoms with van der Waals surface area (Å²) in [4.78, 5) is 45.5. The Balaban J connectivity index is 0.000000244. The zero-order valence-corrected chi connectivity index (χ0v) is 35.4. The normalized spacial score (nSPS) is 11.8. The molecule has 5 aromatic rings. The Morgan fingerprint density at radius 2 is 1.15 bits per heavy atom. The molecular weight excluding hydrogens is 767 g/mol. The first-order chi connectivity index (χ1) is 26.1. The number of nitrogens with one attached hydrogen (secondary N) is 1. The lowest BCUT2D eigenvalue weighted by molar-refractivity contribution is -0.120. The van der Waals surface area contributed by atoms with Crippen LogP contribution in [-0.2, 0) is 28.9 Å². The number of carbonyl (C=O) groups is 4. The van der Waals surface area contributed by atoms with Gasteiger partial charge in [-0.1, -0.05) is 156 Å². The molecule has 1 amide bonds. The van der Waals surface area contributed by atoms with Crippen molar-refractivity contribution in [3.8, 4) is 0 Å². The summed E-state index contributed by atoms with van der Waals surface area (Å²) in [5.41, 5.74) is 5.95. The predicted octanol–water partition coefficient (Wildman–Crippen LogP) is 10.1. The molecule has 2 N–H and O–H groups in total. The summed E-state index contributed by atoms with van der Waals surface area (Å²) < 4.78 is 0.985. The number of carbonyl (C=O) groups excluding carboxylic acids is 3. The van der Waals surface area contributed by atoms with E-state index in [-0.39, 0.29) is 23.4 Å². The van der Waals surface area contributed by atoms with E-state index in [4.69, 9.17) is 5.11 Å². The lowest BCUT2D eigenvalue weighted by Crippen LogP contribution is -2.41. The number of benzene rings is 5. The van der Waals surface area contributed by atoms with E-state index in [1.807, 2.05) is 37.3 Å². The Labute approximate surface area is 336 Å². The summed E-state index contributed by atoms with van der Waals surface area (Å²) in [6, 6.07) is 43.7. The van der Waals surface area contributed by atoms with Crippen molar-refractivity contribution in [3.63, 3.8) is 0 Å². The van der Waals surface area contributed by atoms with Gasteiger partial charge in [0.1, 0.15) is 5.78 Å². The fourth-order valence-electron chi connectivity index (χ4n) is 5.79. The van der Waals surface area contributed by atoms with Gasteiger partial charge in [0.05, 0.1) is 19.7 Å². The minimum absolute atomic E-state index is 0.0535. The number of hydrogen-bond acceptors (Lipinski definition) is 4. The van der Waals surface area contributed by atoms with Crippen molar-refractivity contribution in [2.75, 3.05) is 0 Å². The van der Waals surface area contributed by atoms with Gasteiger partial charge in [-0.05, 0) is 93.1 Å². The molecule has 0 aliphatic heterocycles. The number of Topliss-reactive ketones (excluding diaryl/α,β-unsaturated/α-hetero) is 2. The van der Waals surface area contributed by atoms with E-state index in [9.17, 15) is 19.2 Å². The molecule has 0 saturated heterocycles. The molecule has 0 fully saturated rings. The van der Waals surface area contributed by atoms with Crippen LogP contribution in [0.3, 0.4) is 0 Å². The van der Waals surface area contributed by atoms with Crippen molar-refractivity contribution in [1.29, 1.82) is 0 Å². The monoisotopic (exact) mass is 819 g/mol. The zero-order valence-electron chi connectivity index (χ0n) is 32.9. The second kappa shape index (κ2) is 22.5. The first kappa shape index (κ1) is 44.5. The first-order valence-corrected chi connectivity index (χ1v) is 22.7. The highest BCUT2D eigenvalue weighted by Gasteiger charge is 2.23. The van der Waals surface area contributed by atoms with Crippen molar-refractivity contribution in [1.82, 2.24) is 5.32 Å². The molecule has 6 nitrogen and oxygen atoms in total. The summed E-state index contributed by atoms with van der Waals surface area (Å²) in [6.45, 7) is 12.3. The van der Waals surface area contributed by atoms with E-state index in [0.717, 1.165) is 16.5 Å². The molecule has 288 valence electrons. The molecule has 0 aromatic heterocycles. The summed E-state index contributed by atoms with van der Waals surface area (Å²) >= 11 is 3.37. The maximum atomic E-state index is 12.1. The Bertz CT molecular complexity index is 1950. The maximum Gasteiger partial charge on any atom is 0.335 e. The van der Waals surface area contributed by atoms with Crippen LogP contribution in [0.25, 0.3) is 0 Å². The maximum absolute atomic E-state index is 12.1. The number of rotatable bonds is 14. The van der Waals surface area contributed by atoms with Crippen molar-refractivity contribution in [2.24, 2.45) is 5.92 Å². The van der Waals surface area contributed by atoms with Gasteiger partial charge in [-0.3, -0.25) is 14.4 Å². The predicted molar refractivity (Wildman–Crippen MR) is 231 cm³/mol. The van der Waals surface area contributed by atoms with E-state index < -0.39 is 20.1 Å². The van der Waals surface area contributed by atoms with Crippen LogP contribution >= 0.6 is 15.9 Å². The fraction of sp³-hybridized carbons (Fsp3) is 0.277. The molecule has 0 bridgehead atoms. The van der Waals surface area contributed by atoms with Crippen LogP contribution in [0.5, 0.6) is 0 Å². The molecule has 55 heavy (non-hydrogen) atoms. The number of ketones is 2. The number of halogens is 1. The molecule has 8 heteroatoms. The van der Waals surface area contributed by atoms with Crippen molar-refractivity contribution < 1.29 is 24.3 Å². The van der Waals surface area contributed by atoms with Gasteiger partial charge in [-0.25, -0.2) is 4.79 Å². The minimum Gasteiger partial charge on any atom is -0.478 e. The average molecular weight is 821 g/mol. The van der Waals surface area contributed by atoms with Crippen LogP contribution in [0.15, 0.2) is 138 Å². The number of carboxylic acids is 1. The third kappa shape index (κ3) is 16.1. The van der Waals surface area contributed by atoms with Crippen LogP contribution in [0.2, 0.25) is 19.1 Å². The van der Waals surface area contributed by atoms with Crippen molar-refractivity contribution >= 4 is 52.6 Å². The Hall–Kier alpha value is -4.92. The van der Waals surface area contributed by atoms with E-state index in [1.165, 1.54) is 47.7 Å². The van der Waals surface area contributed by atoms with Gasteiger partial charge >= 0.3 is 5.97 Å². The molecule has 5 rings (SSSR count). The van der Waals surface area contributed by atoms with E-state index in [1.54, 1.807) is 61.5 Å². The van der Waals surface area contributed by atoms with Gasteiger partial charge in [-0.2, -0.15) is 0 Å². The molecule has 2 atom stereocenters. The lowest BCUT2D eigenvalue weighted by atomic mass is 9.98. The van der Waals surface area contributed by atoms with Gasteiger partial charge in [0.2, 0.25) is 0 Å². The molecule has 0 spiro atoms. The van der Waals surface area contributed by atoms with Crippen LogP contribution in [-0.4, -0.2) is 42.7 Å². The molecule has 0 aliphatic carbocycles. The summed E-state index contributed by atoms with van der Waals surface area (Å²) in [6.07, 6.45) is 3.77. The third-order valence-electron chi connectivity index (χ3n) is 9.56. The fourth-order valence-corrected chi connectivity index (χ4v) is 8.47. The van der Waals surface area contributed by atoms with Crippen LogP contribution in [0, 0.1) is 12.8 Å². The number of carboxylic acid groups (broad SMARTS) is 1. The number of amides is 1. The summed E-state index contributed by atoms with van der Waals surface area (Å²) in [7, 11) is -1.40. The lowest BCUT2D eigenvalue weighted by Gasteiger charge is -2.23. The largest absolute Gasteiger partial charge is 0.478 e. The summed E-state index contributed by atoms with van der Waals surface area (Å²) in [5, 5.41) is 12.7. The third-order valence-corrected chi connectivity index (χ3v) is 13.6. The van der Waals surface area contributed by atoms with Crippen LogP contribution in [0.4, 0.5) is 0 Å². The van der Waals surface area contributed by atoms with Crippen LogP contribution in [0.1, 0.15) is 70.2 Å². The van der Waals surface area contributed by atoms with Gasteiger partial charge in [0.25, 0.3) is 5.91 Å².